The van der Waals surface area contributed by atoms with Gasteiger partial charge in [0.25, 0.3) is 5.91 Å². The lowest BCUT2D eigenvalue weighted by Gasteiger charge is -2.43. The van der Waals surface area contributed by atoms with Gasteiger partial charge in [0.1, 0.15) is 17.4 Å². The van der Waals surface area contributed by atoms with E-state index in [4.69, 9.17) is 9.47 Å². The maximum Gasteiger partial charge on any atom is 0.329 e. The Balaban J connectivity index is 0.00000561. The predicted molar refractivity (Wildman–Crippen MR) is 214 cm³/mol. The summed E-state index contributed by atoms with van der Waals surface area (Å²) >= 11 is 0. The van der Waals surface area contributed by atoms with E-state index in [1.54, 1.807) is 25.3 Å². The van der Waals surface area contributed by atoms with Crippen LogP contribution in [0, 0.1) is 0 Å². The fraction of sp³-hybridized carbons (Fsp3) is 0.364. The van der Waals surface area contributed by atoms with Crippen LogP contribution in [0.15, 0.2) is 109 Å². The summed E-state index contributed by atoms with van der Waals surface area (Å²) in [4.78, 5) is 57.9. The zero-order valence-electron chi connectivity index (χ0n) is 31.5. The minimum atomic E-state index is -1.15. The number of rotatable bonds is 10. The lowest BCUT2D eigenvalue weighted by atomic mass is 9.62. The van der Waals surface area contributed by atoms with Crippen LogP contribution < -0.4 is 15.4 Å². The Labute approximate surface area is 325 Å². The van der Waals surface area contributed by atoms with E-state index in [0.29, 0.717) is 50.1 Å². The van der Waals surface area contributed by atoms with Crippen LogP contribution in [0.1, 0.15) is 85.0 Å². The molecule has 3 atom stereocenters. The summed E-state index contributed by atoms with van der Waals surface area (Å²) in [5.41, 5.74) is 1.85. The van der Waals surface area contributed by atoms with Gasteiger partial charge in [0.2, 0.25) is 11.8 Å². The van der Waals surface area contributed by atoms with Gasteiger partial charge in [-0.3, -0.25) is 14.4 Å². The first-order valence-corrected chi connectivity index (χ1v) is 18.5. The number of carbonyl (C=O) groups is 4. The first-order chi connectivity index (χ1) is 25.5. The van der Waals surface area contributed by atoms with E-state index in [2.05, 4.69) is 10.6 Å². The predicted octanol–water partition coefficient (Wildman–Crippen LogP) is 6.46. The summed E-state index contributed by atoms with van der Waals surface area (Å²) < 4.78 is 11.2. The highest BCUT2D eigenvalue weighted by Gasteiger charge is 2.50. The largest absolute Gasteiger partial charge is 0.496 e. The molecule has 10 heteroatoms. The topological polar surface area (TPSA) is 114 Å². The summed E-state index contributed by atoms with van der Waals surface area (Å²) in [5.74, 6) is -0.906. The van der Waals surface area contributed by atoms with Crippen molar-refractivity contribution in [1.82, 2.24) is 15.5 Å². The minimum absolute atomic E-state index is 0. The summed E-state index contributed by atoms with van der Waals surface area (Å²) in [6.07, 6.45) is 2.34. The van der Waals surface area contributed by atoms with Crippen molar-refractivity contribution < 1.29 is 28.7 Å². The quantitative estimate of drug-likeness (QED) is 0.180. The molecule has 1 aliphatic heterocycles. The monoisotopic (exact) mass is 749 g/mol. The molecule has 0 bridgehead atoms. The second-order valence-electron chi connectivity index (χ2n) is 15.0. The van der Waals surface area contributed by atoms with E-state index in [0.717, 1.165) is 22.3 Å². The molecular formula is C44H51N3O6S. The standard InChI is InChI=1S/C44H49N3O6.H2S/c1-43(2,3)53-41(50)37(29-30-15-7-5-8-16-30)46-42(51)44(31-17-9-6-10-18-31)26-23-34(33-19-11-13-21-36(33)44)40(49)47-27-24-32(25-28-47)45-39(48)35-20-12-14-22-38(35)52-4;/h5-22,32,34,37H,23-29H2,1-4H3,(H,45,48)(H,46,51);1H2/t34-,37+,44+;/m0./s1. The molecule has 0 unspecified atom stereocenters. The molecule has 1 heterocycles. The highest BCUT2D eigenvalue weighted by atomic mass is 32.1. The number of fused-ring (bicyclic) bond motifs is 1. The molecular weight excluding hydrogens is 699 g/mol. The highest BCUT2D eigenvalue weighted by molar-refractivity contribution is 7.59. The number of esters is 1. The number of ether oxygens (including phenoxy) is 2. The third kappa shape index (κ3) is 8.81. The molecule has 0 aromatic heterocycles. The lowest BCUT2D eigenvalue weighted by molar-refractivity contribution is -0.159. The molecule has 0 radical (unpaired) electrons. The zero-order valence-corrected chi connectivity index (χ0v) is 32.5. The van der Waals surface area contributed by atoms with Crippen molar-refractivity contribution in [1.29, 1.82) is 0 Å². The van der Waals surface area contributed by atoms with Gasteiger partial charge >= 0.3 is 5.97 Å². The number of amides is 3. The number of benzene rings is 4. The Morgan fingerprint density at radius 1 is 0.815 bits per heavy atom. The van der Waals surface area contributed by atoms with Gasteiger partial charge < -0.3 is 25.0 Å². The van der Waals surface area contributed by atoms with Gasteiger partial charge in [0.05, 0.1) is 24.0 Å². The minimum Gasteiger partial charge on any atom is -0.496 e. The Morgan fingerprint density at radius 3 is 2.09 bits per heavy atom. The fourth-order valence-corrected chi connectivity index (χ4v) is 7.74. The second kappa shape index (κ2) is 17.4. The SMILES string of the molecule is COc1ccccc1C(=O)NC1CCN(C(=O)[C@H]2CC[C@@](C(=O)N[C@H](Cc3ccccc3)C(=O)OC(C)(C)C)(c3ccccc3)c3ccccc32)CC1.S. The molecule has 2 aliphatic rings. The van der Waals surface area contributed by atoms with Gasteiger partial charge in [-0.25, -0.2) is 4.79 Å². The molecule has 3 amide bonds. The van der Waals surface area contributed by atoms with Crippen LogP contribution in [0.25, 0.3) is 0 Å². The summed E-state index contributed by atoms with van der Waals surface area (Å²) in [6, 6.07) is 33.1. The molecule has 1 aliphatic carbocycles. The molecule has 1 saturated heterocycles. The molecule has 1 fully saturated rings. The molecule has 284 valence electrons. The van der Waals surface area contributed by atoms with Crippen molar-refractivity contribution in [3.05, 3.63) is 137 Å². The average molecular weight is 750 g/mol. The van der Waals surface area contributed by atoms with Gasteiger partial charge in [-0.15, -0.1) is 0 Å². The van der Waals surface area contributed by atoms with Crippen LogP contribution >= 0.6 is 13.5 Å². The molecule has 4 aromatic rings. The van der Waals surface area contributed by atoms with Crippen LogP contribution in [0.2, 0.25) is 0 Å². The zero-order chi connectivity index (χ0) is 37.6. The molecule has 6 rings (SSSR count). The van der Waals surface area contributed by atoms with E-state index in [9.17, 15) is 19.2 Å². The van der Waals surface area contributed by atoms with E-state index in [1.807, 2.05) is 117 Å². The average Bonchev–Trinajstić information content (AvgIpc) is 3.17. The van der Waals surface area contributed by atoms with Gasteiger partial charge in [0, 0.05) is 25.6 Å². The second-order valence-corrected chi connectivity index (χ2v) is 15.0. The van der Waals surface area contributed by atoms with Gasteiger partial charge in [-0.2, -0.15) is 13.5 Å². The number of nitrogens with one attached hydrogen (secondary N) is 2. The lowest BCUT2D eigenvalue weighted by Crippen LogP contribution is -2.55. The number of methoxy groups -OCH3 is 1. The van der Waals surface area contributed by atoms with Crippen LogP contribution in [0.3, 0.4) is 0 Å². The van der Waals surface area contributed by atoms with Crippen molar-refractivity contribution >= 4 is 37.2 Å². The third-order valence-corrected chi connectivity index (χ3v) is 10.3. The van der Waals surface area contributed by atoms with E-state index >= 15 is 0 Å². The van der Waals surface area contributed by atoms with E-state index < -0.39 is 28.9 Å². The van der Waals surface area contributed by atoms with Crippen molar-refractivity contribution in [2.24, 2.45) is 0 Å². The summed E-state index contributed by atoms with van der Waals surface area (Å²) in [5, 5.41) is 6.26. The van der Waals surface area contributed by atoms with Crippen LogP contribution in [-0.4, -0.2) is 66.5 Å². The molecule has 4 aromatic carbocycles. The molecule has 2 N–H and O–H groups in total. The first kappa shape index (κ1) is 40.1. The number of carbonyl (C=O) groups excluding carboxylic acids is 4. The van der Waals surface area contributed by atoms with Crippen LogP contribution in [-0.2, 0) is 31.0 Å². The van der Waals surface area contributed by atoms with Crippen molar-refractivity contribution in [2.45, 2.75) is 81.9 Å². The Kier molecular flexibility index (Phi) is 12.9. The Morgan fingerprint density at radius 2 is 1.43 bits per heavy atom. The number of likely N-dealkylation sites (tertiary alicyclic amines) is 1. The van der Waals surface area contributed by atoms with Gasteiger partial charge in [-0.1, -0.05) is 97.1 Å². The van der Waals surface area contributed by atoms with Crippen LogP contribution in [0.5, 0.6) is 5.75 Å². The highest BCUT2D eigenvalue weighted by Crippen LogP contribution is 2.48. The third-order valence-electron chi connectivity index (χ3n) is 10.3. The Hall–Kier alpha value is -5.09. The normalized spacial score (nSPS) is 19.0. The smallest absolute Gasteiger partial charge is 0.329 e. The fourth-order valence-electron chi connectivity index (χ4n) is 7.74. The first-order valence-electron chi connectivity index (χ1n) is 18.5. The van der Waals surface area contributed by atoms with Crippen LogP contribution in [0.4, 0.5) is 0 Å². The van der Waals surface area contributed by atoms with Gasteiger partial charge in [0.15, 0.2) is 0 Å². The molecule has 0 saturated carbocycles. The molecule has 0 spiro atoms. The maximum absolute atomic E-state index is 14.9. The van der Waals surface area contributed by atoms with Crippen molar-refractivity contribution in [3.8, 4) is 5.75 Å². The maximum atomic E-state index is 14.9. The summed E-state index contributed by atoms with van der Waals surface area (Å²) in [6.45, 7) is 6.46. The number of piperidine rings is 1. The molecule has 9 nitrogen and oxygen atoms in total. The number of nitrogens with zero attached hydrogens (tertiary/aromatic N) is 1. The van der Waals surface area contributed by atoms with Crippen molar-refractivity contribution in [3.63, 3.8) is 0 Å². The van der Waals surface area contributed by atoms with E-state index in [-0.39, 0.29) is 43.7 Å². The number of hydrogen-bond donors (Lipinski definition) is 2. The van der Waals surface area contributed by atoms with E-state index in [1.165, 1.54) is 0 Å². The van der Waals surface area contributed by atoms with Crippen molar-refractivity contribution in [2.75, 3.05) is 20.2 Å². The number of hydrogen-bond acceptors (Lipinski definition) is 6. The Bertz CT molecular complexity index is 1920. The van der Waals surface area contributed by atoms with Gasteiger partial charge in [-0.05, 0) is 80.8 Å². The molecule has 54 heavy (non-hydrogen) atoms. The summed E-state index contributed by atoms with van der Waals surface area (Å²) in [7, 11) is 1.54. The number of para-hydroxylation sites is 1.